The van der Waals surface area contributed by atoms with Crippen LogP contribution in [0.15, 0.2) is 18.5 Å². The Kier molecular flexibility index (Phi) is 8.10. The van der Waals surface area contributed by atoms with Gasteiger partial charge in [-0.1, -0.05) is 34.8 Å². The number of terminal acetylenes is 1. The van der Waals surface area contributed by atoms with E-state index in [0.29, 0.717) is 12.8 Å². The molecule has 1 rings (SSSR count). The van der Waals surface area contributed by atoms with E-state index in [2.05, 4.69) is 26.5 Å². The monoisotopic (exact) mass is 364 g/mol. The number of hydrogen-bond donors (Lipinski definition) is 2. The lowest BCUT2D eigenvalue weighted by molar-refractivity contribution is 0.141. The van der Waals surface area contributed by atoms with E-state index in [1.165, 1.54) is 12.4 Å². The number of halogens is 3. The van der Waals surface area contributed by atoms with Gasteiger partial charge in [0.2, 0.25) is 9.74 Å². The Morgan fingerprint density at radius 2 is 2.05 bits per heavy atom. The first-order chi connectivity index (χ1) is 10.4. The zero-order valence-corrected chi connectivity index (χ0v) is 13.8. The van der Waals surface area contributed by atoms with Gasteiger partial charge in [0.15, 0.2) is 6.17 Å². The molecule has 1 unspecified atom stereocenters. The second-order valence-corrected chi connectivity index (χ2v) is 6.50. The average Bonchev–Trinajstić information content (AvgIpc) is 2.46. The molecule has 0 spiro atoms. The highest BCUT2D eigenvalue weighted by Crippen LogP contribution is 2.30. The van der Waals surface area contributed by atoms with Crippen LogP contribution in [-0.4, -0.2) is 32.6 Å². The third-order valence-electron chi connectivity index (χ3n) is 2.38. The van der Waals surface area contributed by atoms with Gasteiger partial charge in [-0.3, -0.25) is 5.32 Å². The van der Waals surface area contributed by atoms with Gasteiger partial charge >= 0.3 is 6.09 Å². The first-order valence-electron chi connectivity index (χ1n) is 6.40. The van der Waals surface area contributed by atoms with E-state index in [0.717, 1.165) is 6.42 Å². The number of carbonyl (C=O) groups excluding carboxylic acids is 1. The standard InChI is InChI=1S/C13H15Cl3N4O2/c1-2-3-4-5-9-22-12(21)20-10(13(14,15)16)19-11-17-7-6-8-18-11/h1,6-8,10H,3-5,9H2,(H,20,21)(H,17,18,19). The van der Waals surface area contributed by atoms with Gasteiger partial charge in [0.1, 0.15) is 0 Å². The zero-order chi connectivity index (χ0) is 16.4. The molecule has 120 valence electrons. The first kappa shape index (κ1) is 18.6. The number of ether oxygens (including phenoxy) is 1. The molecule has 1 heterocycles. The Morgan fingerprint density at radius 1 is 1.36 bits per heavy atom. The number of nitrogens with one attached hydrogen (secondary N) is 2. The largest absolute Gasteiger partial charge is 0.450 e. The number of rotatable bonds is 7. The summed E-state index contributed by atoms with van der Waals surface area (Å²) in [5, 5.41) is 5.11. The van der Waals surface area contributed by atoms with Crippen molar-refractivity contribution in [2.75, 3.05) is 11.9 Å². The fraction of sp³-hybridized carbons (Fsp3) is 0.462. The van der Waals surface area contributed by atoms with Gasteiger partial charge in [0, 0.05) is 18.8 Å². The van der Waals surface area contributed by atoms with E-state index < -0.39 is 16.1 Å². The van der Waals surface area contributed by atoms with Crippen LogP contribution in [0.2, 0.25) is 0 Å². The lowest BCUT2D eigenvalue weighted by atomic mass is 10.2. The van der Waals surface area contributed by atoms with Crippen LogP contribution in [0.3, 0.4) is 0 Å². The maximum absolute atomic E-state index is 11.7. The van der Waals surface area contributed by atoms with Crippen molar-refractivity contribution in [1.29, 1.82) is 0 Å². The molecule has 2 N–H and O–H groups in total. The average molecular weight is 366 g/mol. The number of nitrogens with zero attached hydrogens (tertiary/aromatic N) is 2. The summed E-state index contributed by atoms with van der Waals surface area (Å²) >= 11 is 17.4. The van der Waals surface area contributed by atoms with Gasteiger partial charge in [-0.2, -0.15) is 0 Å². The number of carbonyl (C=O) groups is 1. The molecule has 0 aliphatic heterocycles. The summed E-state index contributed by atoms with van der Waals surface area (Å²) in [6.07, 6.45) is 8.42. The van der Waals surface area contributed by atoms with E-state index in [1.807, 2.05) is 0 Å². The Balaban J connectivity index is 2.48. The highest BCUT2D eigenvalue weighted by atomic mass is 35.6. The van der Waals surface area contributed by atoms with Crippen LogP contribution in [0.5, 0.6) is 0 Å². The van der Waals surface area contributed by atoms with Crippen LogP contribution in [0, 0.1) is 12.3 Å². The van der Waals surface area contributed by atoms with Crippen molar-refractivity contribution in [3.63, 3.8) is 0 Å². The summed E-state index contributed by atoms with van der Waals surface area (Å²) in [5.74, 6) is 2.70. The number of unbranched alkanes of at least 4 members (excludes halogenated alkanes) is 2. The molecule has 1 aromatic heterocycles. The summed E-state index contributed by atoms with van der Waals surface area (Å²) in [6, 6.07) is 1.63. The topological polar surface area (TPSA) is 76.1 Å². The molecule has 0 bridgehead atoms. The lowest BCUT2D eigenvalue weighted by Crippen LogP contribution is -2.49. The van der Waals surface area contributed by atoms with E-state index in [4.69, 9.17) is 46.0 Å². The van der Waals surface area contributed by atoms with Crippen molar-refractivity contribution < 1.29 is 9.53 Å². The van der Waals surface area contributed by atoms with Crippen LogP contribution < -0.4 is 10.6 Å². The Bertz CT molecular complexity index is 502. The summed E-state index contributed by atoms with van der Waals surface area (Å²) in [6.45, 7) is 0.224. The maximum atomic E-state index is 11.7. The first-order valence-corrected chi connectivity index (χ1v) is 7.54. The van der Waals surface area contributed by atoms with Gasteiger partial charge in [0.05, 0.1) is 6.61 Å². The Labute approximate surface area is 143 Å². The highest BCUT2D eigenvalue weighted by molar-refractivity contribution is 6.68. The third-order valence-corrected chi connectivity index (χ3v) is 3.03. The van der Waals surface area contributed by atoms with Gasteiger partial charge in [-0.05, 0) is 18.9 Å². The Morgan fingerprint density at radius 3 is 2.64 bits per heavy atom. The second-order valence-electron chi connectivity index (χ2n) is 4.13. The van der Waals surface area contributed by atoms with Crippen molar-refractivity contribution in [3.05, 3.63) is 18.5 Å². The predicted molar refractivity (Wildman–Crippen MR) is 86.9 cm³/mol. The SMILES string of the molecule is C#CCCCCOC(=O)NC(Nc1ncccn1)C(Cl)(Cl)Cl. The minimum atomic E-state index is -1.82. The molecule has 0 saturated carbocycles. The highest BCUT2D eigenvalue weighted by Gasteiger charge is 2.35. The number of alkyl carbamates (subject to hydrolysis) is 1. The molecule has 0 aliphatic rings. The molecular weight excluding hydrogens is 351 g/mol. The fourth-order valence-electron chi connectivity index (χ4n) is 1.36. The van der Waals surface area contributed by atoms with Crippen LogP contribution in [-0.2, 0) is 4.74 Å². The van der Waals surface area contributed by atoms with Gasteiger partial charge in [-0.25, -0.2) is 14.8 Å². The van der Waals surface area contributed by atoms with E-state index in [9.17, 15) is 4.79 Å². The predicted octanol–water partition coefficient (Wildman–Crippen LogP) is 3.11. The summed E-state index contributed by atoms with van der Waals surface area (Å²) < 4.78 is 3.16. The number of alkyl halides is 3. The van der Waals surface area contributed by atoms with Gasteiger partial charge < -0.3 is 10.1 Å². The molecule has 0 fully saturated rings. The van der Waals surface area contributed by atoms with Crippen molar-refractivity contribution in [2.45, 2.75) is 29.2 Å². The smallest absolute Gasteiger partial charge is 0.408 e. The van der Waals surface area contributed by atoms with E-state index in [-0.39, 0.29) is 12.6 Å². The molecular formula is C13H15Cl3N4O2. The quantitative estimate of drug-likeness (QED) is 0.336. The summed E-state index contributed by atoms with van der Waals surface area (Å²) in [4.78, 5) is 19.5. The zero-order valence-electron chi connectivity index (χ0n) is 11.6. The van der Waals surface area contributed by atoms with Crippen molar-refractivity contribution >= 4 is 46.8 Å². The van der Waals surface area contributed by atoms with Crippen LogP contribution in [0.1, 0.15) is 19.3 Å². The number of anilines is 1. The van der Waals surface area contributed by atoms with Gasteiger partial charge in [-0.15, -0.1) is 12.3 Å². The molecule has 1 aromatic rings. The molecule has 0 radical (unpaired) electrons. The van der Waals surface area contributed by atoms with Crippen LogP contribution in [0.25, 0.3) is 0 Å². The molecule has 0 aliphatic carbocycles. The van der Waals surface area contributed by atoms with Crippen LogP contribution >= 0.6 is 34.8 Å². The second kappa shape index (κ2) is 9.57. The molecule has 0 saturated heterocycles. The molecule has 1 amide bonds. The molecule has 1 atom stereocenters. The third kappa shape index (κ3) is 7.55. The molecule has 9 heteroatoms. The van der Waals surface area contributed by atoms with Crippen LogP contribution in [0.4, 0.5) is 10.7 Å². The number of amides is 1. The Hall–Kier alpha value is -1.42. The molecule has 22 heavy (non-hydrogen) atoms. The molecule has 0 aromatic carbocycles. The minimum Gasteiger partial charge on any atom is -0.450 e. The summed E-state index contributed by atoms with van der Waals surface area (Å²) in [5.41, 5.74) is 0. The maximum Gasteiger partial charge on any atom is 0.408 e. The fourth-order valence-corrected chi connectivity index (χ4v) is 1.68. The van der Waals surface area contributed by atoms with E-state index >= 15 is 0 Å². The van der Waals surface area contributed by atoms with Crippen molar-refractivity contribution in [1.82, 2.24) is 15.3 Å². The molecule has 6 nitrogen and oxygen atoms in total. The van der Waals surface area contributed by atoms with Crippen molar-refractivity contribution in [3.8, 4) is 12.3 Å². The van der Waals surface area contributed by atoms with Gasteiger partial charge in [0.25, 0.3) is 0 Å². The normalized spacial score (nSPS) is 12.1. The minimum absolute atomic E-state index is 0.202. The van der Waals surface area contributed by atoms with Crippen molar-refractivity contribution in [2.24, 2.45) is 0 Å². The number of hydrogen-bond acceptors (Lipinski definition) is 5. The van der Waals surface area contributed by atoms with E-state index in [1.54, 1.807) is 6.07 Å². The lowest BCUT2D eigenvalue weighted by Gasteiger charge is -2.25. The summed E-state index contributed by atoms with van der Waals surface area (Å²) in [7, 11) is 0. The number of aromatic nitrogens is 2.